The summed E-state index contributed by atoms with van der Waals surface area (Å²) in [6.07, 6.45) is 0.375. The Hall–Kier alpha value is -2.25. The minimum atomic E-state index is -4.51. The van der Waals surface area contributed by atoms with E-state index in [1.807, 2.05) is 0 Å². The van der Waals surface area contributed by atoms with Gasteiger partial charge in [0.15, 0.2) is 0 Å². The summed E-state index contributed by atoms with van der Waals surface area (Å²) in [6.45, 7) is 0.759. The van der Waals surface area contributed by atoms with Gasteiger partial charge in [-0.05, 0) is 43.4 Å². The molecule has 1 aliphatic heterocycles. The molecule has 1 saturated heterocycles. The van der Waals surface area contributed by atoms with Crippen LogP contribution in [0.2, 0.25) is 0 Å². The summed E-state index contributed by atoms with van der Waals surface area (Å²) in [5.41, 5.74) is -0.788. The second-order valence-electron chi connectivity index (χ2n) is 7.18. The second-order valence-corrected chi connectivity index (χ2v) is 7.18. The van der Waals surface area contributed by atoms with E-state index in [-0.39, 0.29) is 29.7 Å². The number of alkyl halides is 3. The molecule has 5 nitrogen and oxygen atoms in total. The zero-order valence-electron chi connectivity index (χ0n) is 14.9. The van der Waals surface area contributed by atoms with E-state index in [0.717, 1.165) is 43.9 Å². The maximum atomic E-state index is 13.1. The molecule has 0 radical (unpaired) electrons. The first-order chi connectivity index (χ1) is 12.8. The normalized spacial score (nSPS) is 21.0. The lowest BCUT2D eigenvalue weighted by Gasteiger charge is -2.24. The Morgan fingerprint density at radius 2 is 1.96 bits per heavy atom. The van der Waals surface area contributed by atoms with Gasteiger partial charge in [-0.15, -0.1) is 0 Å². The van der Waals surface area contributed by atoms with Crippen molar-refractivity contribution in [1.82, 2.24) is 10.6 Å². The van der Waals surface area contributed by atoms with Crippen molar-refractivity contribution in [2.45, 2.75) is 50.7 Å². The number of halogens is 3. The van der Waals surface area contributed by atoms with Crippen LogP contribution in [0.1, 0.15) is 54.4 Å². The van der Waals surface area contributed by atoms with Crippen LogP contribution in [-0.2, 0) is 11.0 Å². The van der Waals surface area contributed by atoms with Gasteiger partial charge in [-0.25, -0.2) is 0 Å². The minimum absolute atomic E-state index is 0.0607. The van der Waals surface area contributed by atoms with Crippen molar-refractivity contribution in [2.24, 2.45) is 5.92 Å². The van der Waals surface area contributed by atoms with E-state index in [2.05, 4.69) is 10.6 Å². The Morgan fingerprint density at radius 3 is 2.63 bits per heavy atom. The smallest absolute Gasteiger partial charge is 0.416 e. The molecule has 1 aromatic rings. The standard InChI is InChI=1S/C19H23F3N2O3/c20-19(21,22)13-5-6-15(16(9-13)27-11-12-3-1-2-4-12)18(26)24-14-7-8-23-17(25)10-14/h5-6,9,12,14H,1-4,7-8,10-11H2,(H,23,25)(H,24,26). The summed E-state index contributed by atoms with van der Waals surface area (Å²) in [6, 6.07) is 2.57. The molecule has 2 amide bonds. The first kappa shape index (κ1) is 19.5. The molecule has 2 aliphatic rings. The van der Waals surface area contributed by atoms with Gasteiger partial charge in [-0.3, -0.25) is 9.59 Å². The van der Waals surface area contributed by atoms with E-state index in [1.165, 1.54) is 0 Å². The number of ether oxygens (including phenoxy) is 1. The number of carbonyl (C=O) groups is 2. The Kier molecular flexibility index (Phi) is 5.92. The highest BCUT2D eigenvalue weighted by Gasteiger charge is 2.32. The Labute approximate surface area is 155 Å². The van der Waals surface area contributed by atoms with Crippen molar-refractivity contribution in [3.8, 4) is 5.75 Å². The van der Waals surface area contributed by atoms with Gasteiger partial charge >= 0.3 is 6.18 Å². The highest BCUT2D eigenvalue weighted by atomic mass is 19.4. The number of hydrogen-bond acceptors (Lipinski definition) is 3. The van der Waals surface area contributed by atoms with Gasteiger partial charge in [0.05, 0.1) is 17.7 Å². The minimum Gasteiger partial charge on any atom is -0.492 e. The molecule has 27 heavy (non-hydrogen) atoms. The fourth-order valence-corrected chi connectivity index (χ4v) is 3.56. The fourth-order valence-electron chi connectivity index (χ4n) is 3.56. The van der Waals surface area contributed by atoms with Gasteiger partial charge in [0.25, 0.3) is 5.91 Å². The van der Waals surface area contributed by atoms with Crippen LogP contribution in [0.4, 0.5) is 13.2 Å². The van der Waals surface area contributed by atoms with Gasteiger partial charge in [0.2, 0.25) is 5.91 Å². The summed E-state index contributed by atoms with van der Waals surface area (Å²) >= 11 is 0. The predicted molar refractivity (Wildman–Crippen MR) is 92.4 cm³/mol. The lowest BCUT2D eigenvalue weighted by atomic mass is 10.0. The van der Waals surface area contributed by atoms with Crippen molar-refractivity contribution in [3.05, 3.63) is 29.3 Å². The molecule has 8 heteroatoms. The highest BCUT2D eigenvalue weighted by Crippen LogP contribution is 2.34. The lowest BCUT2D eigenvalue weighted by molar-refractivity contribution is -0.137. The van der Waals surface area contributed by atoms with E-state index >= 15 is 0 Å². The number of benzene rings is 1. The largest absolute Gasteiger partial charge is 0.492 e. The molecule has 2 fully saturated rings. The van der Waals surface area contributed by atoms with Crippen LogP contribution in [0.25, 0.3) is 0 Å². The van der Waals surface area contributed by atoms with E-state index in [1.54, 1.807) is 0 Å². The molecule has 148 valence electrons. The summed E-state index contributed by atoms with van der Waals surface area (Å²) in [5, 5.41) is 5.40. The third kappa shape index (κ3) is 5.14. The first-order valence-corrected chi connectivity index (χ1v) is 9.24. The Balaban J connectivity index is 1.76. The molecule has 1 aliphatic carbocycles. The number of nitrogens with one attached hydrogen (secondary N) is 2. The van der Waals surface area contributed by atoms with E-state index in [0.29, 0.717) is 25.5 Å². The monoisotopic (exact) mass is 384 g/mol. The summed E-state index contributed by atoms with van der Waals surface area (Å²) in [5.74, 6) is -0.437. The zero-order chi connectivity index (χ0) is 19.4. The second kappa shape index (κ2) is 8.19. The molecule has 3 rings (SSSR count). The molecule has 1 atom stereocenters. The molecule has 2 N–H and O–H groups in total. The molecular weight excluding hydrogens is 361 g/mol. The molecule has 0 aromatic heterocycles. The van der Waals surface area contributed by atoms with Crippen LogP contribution in [0.3, 0.4) is 0 Å². The van der Waals surface area contributed by atoms with Crippen LogP contribution in [-0.4, -0.2) is 31.0 Å². The van der Waals surface area contributed by atoms with E-state index in [4.69, 9.17) is 4.74 Å². The van der Waals surface area contributed by atoms with Gasteiger partial charge in [0.1, 0.15) is 5.75 Å². The van der Waals surface area contributed by atoms with Crippen molar-refractivity contribution >= 4 is 11.8 Å². The van der Waals surface area contributed by atoms with Crippen LogP contribution in [0.5, 0.6) is 5.75 Å². The lowest BCUT2D eigenvalue weighted by Crippen LogP contribution is -2.45. The molecule has 0 bridgehead atoms. The quantitative estimate of drug-likeness (QED) is 0.819. The predicted octanol–water partition coefficient (Wildman–Crippen LogP) is 3.28. The molecule has 1 aromatic carbocycles. The van der Waals surface area contributed by atoms with Crippen LogP contribution < -0.4 is 15.4 Å². The number of amides is 2. The summed E-state index contributed by atoms with van der Waals surface area (Å²) < 4.78 is 44.8. The van der Waals surface area contributed by atoms with Crippen molar-refractivity contribution < 1.29 is 27.5 Å². The van der Waals surface area contributed by atoms with Gasteiger partial charge in [0, 0.05) is 19.0 Å². The zero-order valence-corrected chi connectivity index (χ0v) is 14.9. The van der Waals surface area contributed by atoms with Gasteiger partial charge in [-0.2, -0.15) is 13.2 Å². The van der Waals surface area contributed by atoms with E-state index in [9.17, 15) is 22.8 Å². The van der Waals surface area contributed by atoms with Crippen molar-refractivity contribution in [1.29, 1.82) is 0 Å². The average Bonchev–Trinajstić information content (AvgIpc) is 3.12. The Bertz CT molecular complexity index is 700. The van der Waals surface area contributed by atoms with Crippen molar-refractivity contribution in [3.63, 3.8) is 0 Å². The number of rotatable bonds is 5. The molecule has 1 unspecified atom stereocenters. The topological polar surface area (TPSA) is 67.4 Å². The van der Waals surface area contributed by atoms with Crippen LogP contribution in [0, 0.1) is 5.92 Å². The summed E-state index contributed by atoms with van der Waals surface area (Å²) in [7, 11) is 0. The summed E-state index contributed by atoms with van der Waals surface area (Å²) in [4.78, 5) is 24.0. The van der Waals surface area contributed by atoms with E-state index < -0.39 is 17.6 Å². The third-order valence-corrected chi connectivity index (χ3v) is 5.08. The molecule has 0 spiro atoms. The highest BCUT2D eigenvalue weighted by molar-refractivity contribution is 5.97. The Morgan fingerprint density at radius 1 is 1.22 bits per heavy atom. The maximum absolute atomic E-state index is 13.1. The first-order valence-electron chi connectivity index (χ1n) is 9.24. The number of hydrogen-bond donors (Lipinski definition) is 2. The third-order valence-electron chi connectivity index (χ3n) is 5.08. The SMILES string of the molecule is O=C1CC(NC(=O)c2ccc(C(F)(F)F)cc2OCC2CCCC2)CCN1. The maximum Gasteiger partial charge on any atom is 0.416 e. The van der Waals surface area contributed by atoms with Crippen LogP contribution in [0.15, 0.2) is 18.2 Å². The fraction of sp³-hybridized carbons (Fsp3) is 0.579. The molecule has 1 heterocycles. The molecular formula is C19H23F3N2O3. The molecule has 1 saturated carbocycles. The number of piperidine rings is 1. The van der Waals surface area contributed by atoms with Crippen LogP contribution >= 0.6 is 0 Å². The van der Waals surface area contributed by atoms with Gasteiger partial charge in [-0.1, -0.05) is 12.8 Å². The van der Waals surface area contributed by atoms with Crippen molar-refractivity contribution in [2.75, 3.05) is 13.2 Å². The van der Waals surface area contributed by atoms with Gasteiger partial charge < -0.3 is 15.4 Å². The number of carbonyl (C=O) groups excluding carboxylic acids is 2. The average molecular weight is 384 g/mol.